The van der Waals surface area contributed by atoms with Crippen LogP contribution in [0.5, 0.6) is 0 Å². The van der Waals surface area contributed by atoms with Gasteiger partial charge >= 0.3 is 0 Å². The van der Waals surface area contributed by atoms with Crippen molar-refractivity contribution in [3.05, 3.63) is 97.5 Å². The van der Waals surface area contributed by atoms with Gasteiger partial charge in [-0.1, -0.05) is 71.3 Å². The molecule has 2 aromatic rings. The Kier molecular flexibility index (Phi) is 8.63. The van der Waals surface area contributed by atoms with Crippen LogP contribution in [0.15, 0.2) is 75.3 Å². The van der Waals surface area contributed by atoms with Gasteiger partial charge in [-0.2, -0.15) is 10.5 Å². The van der Waals surface area contributed by atoms with Crippen molar-refractivity contribution in [1.82, 2.24) is 0 Å². The molecular formula is C26H20N2S6. The molecule has 4 rings (SSSR count). The summed E-state index contributed by atoms with van der Waals surface area (Å²) < 4.78 is 5.13. The molecule has 0 unspecified atom stereocenters. The van der Waals surface area contributed by atoms with Crippen LogP contribution in [0.1, 0.15) is 36.1 Å². The van der Waals surface area contributed by atoms with Crippen LogP contribution in [-0.4, -0.2) is 12.5 Å². The summed E-state index contributed by atoms with van der Waals surface area (Å²) >= 11 is 10.9. The number of rotatable bonds is 5. The molecule has 0 aliphatic carbocycles. The Morgan fingerprint density at radius 1 is 0.618 bits per heavy atom. The van der Waals surface area contributed by atoms with Crippen molar-refractivity contribution in [3.63, 3.8) is 0 Å². The topological polar surface area (TPSA) is 47.6 Å². The third kappa shape index (κ3) is 5.33. The molecule has 0 fully saturated rings. The molecule has 0 saturated heterocycles. The van der Waals surface area contributed by atoms with Crippen molar-refractivity contribution in [2.75, 3.05) is 12.5 Å². The first-order valence-electron chi connectivity index (χ1n) is 10.2. The minimum absolute atomic E-state index is 0.651. The van der Waals surface area contributed by atoms with Gasteiger partial charge in [-0.15, -0.1) is 23.5 Å². The molecule has 0 saturated carbocycles. The maximum atomic E-state index is 9.34. The first kappa shape index (κ1) is 25.6. The fourth-order valence-electron chi connectivity index (χ4n) is 3.44. The fraction of sp³-hybridized carbons (Fsp3) is 0.154. The molecule has 8 heteroatoms. The van der Waals surface area contributed by atoms with E-state index in [1.54, 1.807) is 23.5 Å². The van der Waals surface area contributed by atoms with Crippen LogP contribution in [0.2, 0.25) is 0 Å². The Hall–Kier alpha value is -1.52. The summed E-state index contributed by atoms with van der Waals surface area (Å²) in [5.41, 5.74) is 5.84. The molecule has 0 N–H and O–H groups in total. The van der Waals surface area contributed by atoms with E-state index in [0.29, 0.717) is 11.1 Å². The van der Waals surface area contributed by atoms with Gasteiger partial charge in [-0.3, -0.25) is 0 Å². The standard InChI is InChI=1S/C26H20N2S6/c1-15-23(29-3)33-25(31-15)21(19-9-5-17(13-27)6-10-19)22(20-11-7-18(14-28)8-12-20)26-32-16(2)24(30-4)34-26/h5-12H,1-4H3/b25-21-,26-22+. The van der Waals surface area contributed by atoms with E-state index >= 15 is 0 Å². The van der Waals surface area contributed by atoms with Gasteiger partial charge in [0.25, 0.3) is 0 Å². The van der Waals surface area contributed by atoms with Gasteiger partial charge in [0.15, 0.2) is 0 Å². The second-order valence-corrected chi connectivity index (χ2v) is 14.4. The average Bonchev–Trinajstić information content (AvgIpc) is 3.43. The van der Waals surface area contributed by atoms with Crippen molar-refractivity contribution in [2.45, 2.75) is 13.8 Å². The minimum Gasteiger partial charge on any atom is -0.192 e. The second kappa shape index (κ2) is 11.5. The first-order valence-corrected chi connectivity index (χ1v) is 15.9. The molecule has 2 aromatic carbocycles. The van der Waals surface area contributed by atoms with Crippen LogP contribution in [0.3, 0.4) is 0 Å². The van der Waals surface area contributed by atoms with E-state index in [0.717, 1.165) is 11.1 Å². The molecule has 2 nitrogen and oxygen atoms in total. The number of hydrogen-bond donors (Lipinski definition) is 0. The summed E-state index contributed by atoms with van der Waals surface area (Å²) in [6.07, 6.45) is 4.24. The number of benzene rings is 2. The Labute approximate surface area is 226 Å². The summed E-state index contributed by atoms with van der Waals surface area (Å²) in [5, 5.41) is 18.7. The summed E-state index contributed by atoms with van der Waals surface area (Å²) in [6.45, 7) is 4.36. The lowest BCUT2D eigenvalue weighted by molar-refractivity contribution is 1.47. The quantitative estimate of drug-likeness (QED) is 0.363. The SMILES string of the molecule is CSC1=C(C)S/C(=C(/C(=C2\SC(C)=C(SC)S2)c2ccc(C#N)cc2)c2ccc(C#N)cc2)S1. The van der Waals surface area contributed by atoms with Crippen LogP contribution in [0.4, 0.5) is 0 Å². The van der Waals surface area contributed by atoms with E-state index in [9.17, 15) is 10.5 Å². The average molecular weight is 553 g/mol. The van der Waals surface area contributed by atoms with Gasteiger partial charge < -0.3 is 0 Å². The Balaban J connectivity index is 1.97. The Morgan fingerprint density at radius 3 is 1.24 bits per heavy atom. The molecule has 2 aliphatic rings. The maximum Gasteiger partial charge on any atom is 0.0991 e. The number of hydrogen-bond acceptors (Lipinski definition) is 8. The lowest BCUT2D eigenvalue weighted by Crippen LogP contribution is -1.96. The monoisotopic (exact) mass is 552 g/mol. The third-order valence-corrected chi connectivity index (χ3v) is 13.0. The molecule has 34 heavy (non-hydrogen) atoms. The zero-order chi connectivity index (χ0) is 24.2. The van der Waals surface area contributed by atoms with Crippen LogP contribution in [0, 0.1) is 22.7 Å². The number of allylic oxidation sites excluding steroid dienone is 4. The van der Waals surface area contributed by atoms with Gasteiger partial charge in [0.05, 0.1) is 40.2 Å². The highest BCUT2D eigenvalue weighted by Crippen LogP contribution is 2.61. The van der Waals surface area contributed by atoms with Crippen molar-refractivity contribution in [3.8, 4) is 12.1 Å². The van der Waals surface area contributed by atoms with Gasteiger partial charge in [0.1, 0.15) is 0 Å². The zero-order valence-corrected chi connectivity index (χ0v) is 23.9. The highest BCUT2D eigenvalue weighted by Gasteiger charge is 2.29. The number of thioether (sulfide) groups is 6. The second-order valence-electron chi connectivity index (χ2n) is 7.21. The minimum atomic E-state index is 0.651. The summed E-state index contributed by atoms with van der Waals surface area (Å²) in [5.74, 6) is 0. The maximum absolute atomic E-state index is 9.34. The first-order chi connectivity index (χ1) is 16.5. The smallest absolute Gasteiger partial charge is 0.0991 e. The predicted octanol–water partition coefficient (Wildman–Crippen LogP) is 9.53. The van der Waals surface area contributed by atoms with E-state index < -0.39 is 0 Å². The van der Waals surface area contributed by atoms with Crippen LogP contribution >= 0.6 is 70.6 Å². The zero-order valence-electron chi connectivity index (χ0n) is 19.0. The summed E-state index contributed by atoms with van der Waals surface area (Å²) in [6, 6.07) is 20.3. The van der Waals surface area contributed by atoms with E-state index in [-0.39, 0.29) is 0 Å². The lowest BCUT2D eigenvalue weighted by Gasteiger charge is -2.19. The van der Waals surface area contributed by atoms with Crippen molar-refractivity contribution >= 4 is 81.7 Å². The van der Waals surface area contributed by atoms with Crippen LogP contribution in [-0.2, 0) is 0 Å². The van der Waals surface area contributed by atoms with Gasteiger partial charge in [0, 0.05) is 21.0 Å². The molecule has 0 spiro atoms. The molecule has 0 atom stereocenters. The van der Waals surface area contributed by atoms with Crippen molar-refractivity contribution in [2.24, 2.45) is 0 Å². The normalized spacial score (nSPS) is 18.8. The number of nitriles is 2. The van der Waals surface area contributed by atoms with Crippen molar-refractivity contribution < 1.29 is 0 Å². The molecule has 0 aromatic heterocycles. The highest BCUT2D eigenvalue weighted by atomic mass is 32.2. The largest absolute Gasteiger partial charge is 0.192 e. The molecule has 0 bridgehead atoms. The van der Waals surface area contributed by atoms with Crippen molar-refractivity contribution in [1.29, 1.82) is 10.5 Å². The van der Waals surface area contributed by atoms with Gasteiger partial charge in [0.2, 0.25) is 0 Å². The third-order valence-electron chi connectivity index (χ3n) is 5.07. The Bertz CT molecular complexity index is 1230. The van der Waals surface area contributed by atoms with E-state index in [1.807, 2.05) is 71.3 Å². The molecule has 2 heterocycles. The molecular weight excluding hydrogens is 533 g/mol. The van der Waals surface area contributed by atoms with Crippen LogP contribution in [0.25, 0.3) is 11.1 Å². The summed E-state index contributed by atoms with van der Waals surface area (Å²) in [4.78, 5) is 2.63. The summed E-state index contributed by atoms with van der Waals surface area (Å²) in [7, 11) is 0. The fourth-order valence-corrected chi connectivity index (χ4v) is 11.0. The lowest BCUT2D eigenvalue weighted by atomic mass is 9.93. The number of nitrogens with zero attached hydrogens (tertiary/aromatic N) is 2. The molecule has 170 valence electrons. The van der Waals surface area contributed by atoms with Gasteiger partial charge in [-0.05, 0) is 61.8 Å². The predicted molar refractivity (Wildman–Crippen MR) is 159 cm³/mol. The molecule has 0 amide bonds. The van der Waals surface area contributed by atoms with E-state index in [2.05, 4.69) is 62.8 Å². The van der Waals surface area contributed by atoms with Crippen LogP contribution < -0.4 is 0 Å². The van der Waals surface area contributed by atoms with Gasteiger partial charge in [-0.25, -0.2) is 0 Å². The molecule has 0 radical (unpaired) electrons. The molecule has 2 aliphatic heterocycles. The Morgan fingerprint density at radius 2 is 0.971 bits per heavy atom. The highest BCUT2D eigenvalue weighted by molar-refractivity contribution is 8.36. The van der Waals surface area contributed by atoms with E-state index in [1.165, 1.54) is 37.9 Å². The van der Waals surface area contributed by atoms with E-state index in [4.69, 9.17) is 0 Å².